The SMILES string of the molecule is Cc1ccc(S(=O)(=O)N2CCCCC2)cc1NC(=O)CN1CCCC[C@@H]1C. The zero-order valence-corrected chi connectivity index (χ0v) is 17.2. The lowest BCUT2D eigenvalue weighted by atomic mass is 10.0. The molecular weight excluding hydrogens is 362 g/mol. The van der Waals surface area contributed by atoms with E-state index in [1.807, 2.05) is 6.92 Å². The molecule has 2 aliphatic heterocycles. The highest BCUT2D eigenvalue weighted by Crippen LogP contribution is 2.25. The van der Waals surface area contributed by atoms with E-state index < -0.39 is 10.0 Å². The maximum absolute atomic E-state index is 12.9. The van der Waals surface area contributed by atoms with Crippen LogP contribution in [-0.2, 0) is 14.8 Å². The van der Waals surface area contributed by atoms with Gasteiger partial charge in [0, 0.05) is 24.8 Å². The number of piperidine rings is 2. The largest absolute Gasteiger partial charge is 0.325 e. The van der Waals surface area contributed by atoms with Crippen molar-refractivity contribution in [3.63, 3.8) is 0 Å². The van der Waals surface area contributed by atoms with Gasteiger partial charge in [-0.1, -0.05) is 18.9 Å². The molecular formula is C20H31N3O3S. The van der Waals surface area contributed by atoms with Crippen LogP contribution in [0.15, 0.2) is 23.1 Å². The molecule has 6 nitrogen and oxygen atoms in total. The van der Waals surface area contributed by atoms with Crippen LogP contribution in [0.3, 0.4) is 0 Å². The average Bonchev–Trinajstić information content (AvgIpc) is 2.66. The Morgan fingerprint density at radius 3 is 2.52 bits per heavy atom. The third-order valence-electron chi connectivity index (χ3n) is 5.72. The summed E-state index contributed by atoms with van der Waals surface area (Å²) in [5.41, 5.74) is 1.45. The van der Waals surface area contributed by atoms with E-state index in [0.717, 1.165) is 44.2 Å². The van der Waals surface area contributed by atoms with Crippen molar-refractivity contribution >= 4 is 21.6 Å². The summed E-state index contributed by atoms with van der Waals surface area (Å²) in [7, 11) is -3.50. The van der Waals surface area contributed by atoms with Gasteiger partial charge in [0.05, 0.1) is 11.4 Å². The van der Waals surface area contributed by atoms with Crippen LogP contribution >= 0.6 is 0 Å². The van der Waals surface area contributed by atoms with Crippen molar-refractivity contribution in [2.45, 2.75) is 63.3 Å². The molecule has 2 saturated heterocycles. The number of sulfonamides is 1. The van der Waals surface area contributed by atoms with Crippen molar-refractivity contribution in [2.24, 2.45) is 0 Å². The number of aryl methyl sites for hydroxylation is 1. The molecule has 1 atom stereocenters. The number of anilines is 1. The second kappa shape index (κ2) is 8.71. The molecule has 0 radical (unpaired) electrons. The topological polar surface area (TPSA) is 69.7 Å². The molecule has 2 heterocycles. The highest BCUT2D eigenvalue weighted by atomic mass is 32.2. The number of rotatable bonds is 5. The number of carbonyl (C=O) groups is 1. The standard InChI is InChI=1S/C20H31N3O3S/c1-16-9-10-18(27(25,26)23-12-5-3-6-13-23)14-19(16)21-20(24)15-22-11-7-4-8-17(22)2/h9-10,14,17H,3-8,11-13,15H2,1-2H3,(H,21,24)/t17-/m0/s1. The summed E-state index contributed by atoms with van der Waals surface area (Å²) in [6.45, 7) is 6.48. The van der Waals surface area contributed by atoms with E-state index in [9.17, 15) is 13.2 Å². The van der Waals surface area contributed by atoms with Crippen LogP contribution < -0.4 is 5.32 Å². The smallest absolute Gasteiger partial charge is 0.243 e. The summed E-state index contributed by atoms with van der Waals surface area (Å²) >= 11 is 0. The third-order valence-corrected chi connectivity index (χ3v) is 7.62. The number of likely N-dealkylation sites (tertiary alicyclic amines) is 1. The van der Waals surface area contributed by atoms with Gasteiger partial charge in [0.2, 0.25) is 15.9 Å². The fourth-order valence-corrected chi connectivity index (χ4v) is 5.46. The van der Waals surface area contributed by atoms with Crippen LogP contribution in [0.25, 0.3) is 0 Å². The summed E-state index contributed by atoms with van der Waals surface area (Å²) in [4.78, 5) is 15.0. The number of hydrogen-bond donors (Lipinski definition) is 1. The van der Waals surface area contributed by atoms with Crippen LogP contribution in [0.4, 0.5) is 5.69 Å². The Morgan fingerprint density at radius 1 is 1.11 bits per heavy atom. The molecule has 0 aromatic heterocycles. The van der Waals surface area contributed by atoms with Crippen molar-refractivity contribution in [2.75, 3.05) is 31.5 Å². The highest BCUT2D eigenvalue weighted by molar-refractivity contribution is 7.89. The van der Waals surface area contributed by atoms with E-state index in [2.05, 4.69) is 17.1 Å². The Morgan fingerprint density at radius 2 is 1.81 bits per heavy atom. The monoisotopic (exact) mass is 393 g/mol. The van der Waals surface area contributed by atoms with Gasteiger partial charge in [-0.2, -0.15) is 4.31 Å². The lowest BCUT2D eigenvalue weighted by Gasteiger charge is -2.32. The Balaban J connectivity index is 1.72. The molecule has 1 amide bonds. The Labute approximate surface area is 163 Å². The van der Waals surface area contributed by atoms with Gasteiger partial charge in [0.1, 0.15) is 0 Å². The summed E-state index contributed by atoms with van der Waals surface area (Å²) < 4.78 is 27.4. The molecule has 3 rings (SSSR count). The van der Waals surface area contributed by atoms with Crippen molar-refractivity contribution in [3.8, 4) is 0 Å². The first kappa shape index (κ1) is 20.3. The van der Waals surface area contributed by atoms with E-state index >= 15 is 0 Å². The zero-order chi connectivity index (χ0) is 19.4. The first-order valence-corrected chi connectivity index (χ1v) is 11.5. The van der Waals surface area contributed by atoms with Crippen LogP contribution in [0.5, 0.6) is 0 Å². The Kier molecular flexibility index (Phi) is 6.55. The number of nitrogens with zero attached hydrogens (tertiary/aromatic N) is 2. The molecule has 0 bridgehead atoms. The molecule has 7 heteroatoms. The van der Waals surface area contributed by atoms with E-state index in [0.29, 0.717) is 31.4 Å². The number of carbonyl (C=O) groups excluding carboxylic acids is 1. The molecule has 1 aromatic carbocycles. The molecule has 0 saturated carbocycles. The van der Waals surface area contributed by atoms with E-state index in [1.165, 1.54) is 6.42 Å². The van der Waals surface area contributed by atoms with Gasteiger partial charge in [0.25, 0.3) is 0 Å². The maximum Gasteiger partial charge on any atom is 0.243 e. The van der Waals surface area contributed by atoms with Crippen LogP contribution in [0, 0.1) is 6.92 Å². The van der Waals surface area contributed by atoms with Crippen molar-refractivity contribution < 1.29 is 13.2 Å². The van der Waals surface area contributed by atoms with E-state index in [1.54, 1.807) is 22.5 Å². The first-order valence-electron chi connectivity index (χ1n) is 10.0. The zero-order valence-electron chi connectivity index (χ0n) is 16.4. The Bertz CT molecular complexity index is 773. The van der Waals surface area contributed by atoms with Gasteiger partial charge in [-0.05, 0) is 63.8 Å². The molecule has 1 aromatic rings. The maximum atomic E-state index is 12.9. The molecule has 0 unspecified atom stereocenters. The van der Waals surface area contributed by atoms with Crippen molar-refractivity contribution in [3.05, 3.63) is 23.8 Å². The minimum atomic E-state index is -3.50. The lowest BCUT2D eigenvalue weighted by Crippen LogP contribution is -2.42. The summed E-state index contributed by atoms with van der Waals surface area (Å²) in [6.07, 6.45) is 6.35. The van der Waals surface area contributed by atoms with Gasteiger partial charge >= 0.3 is 0 Å². The van der Waals surface area contributed by atoms with Gasteiger partial charge in [0.15, 0.2) is 0 Å². The fourth-order valence-electron chi connectivity index (χ4n) is 3.92. The third kappa shape index (κ3) is 4.89. The summed E-state index contributed by atoms with van der Waals surface area (Å²) in [5, 5.41) is 2.93. The van der Waals surface area contributed by atoms with Crippen molar-refractivity contribution in [1.82, 2.24) is 9.21 Å². The molecule has 150 valence electrons. The summed E-state index contributed by atoms with van der Waals surface area (Å²) in [5.74, 6) is -0.0839. The van der Waals surface area contributed by atoms with E-state index in [4.69, 9.17) is 0 Å². The minimum absolute atomic E-state index is 0.0839. The molecule has 2 aliphatic rings. The molecule has 1 N–H and O–H groups in total. The Hall–Kier alpha value is -1.44. The average molecular weight is 394 g/mol. The lowest BCUT2D eigenvalue weighted by molar-refractivity contribution is -0.118. The number of nitrogens with one attached hydrogen (secondary N) is 1. The predicted octanol–water partition coefficient (Wildman–Crippen LogP) is 2.98. The molecule has 0 spiro atoms. The second-order valence-electron chi connectivity index (χ2n) is 7.80. The predicted molar refractivity (Wildman–Crippen MR) is 107 cm³/mol. The highest BCUT2D eigenvalue weighted by Gasteiger charge is 2.27. The number of benzene rings is 1. The molecule has 27 heavy (non-hydrogen) atoms. The minimum Gasteiger partial charge on any atom is -0.325 e. The van der Waals surface area contributed by atoms with Gasteiger partial charge in [-0.15, -0.1) is 0 Å². The van der Waals surface area contributed by atoms with E-state index in [-0.39, 0.29) is 10.8 Å². The van der Waals surface area contributed by atoms with Crippen molar-refractivity contribution in [1.29, 1.82) is 0 Å². The van der Waals surface area contributed by atoms with Crippen LogP contribution in [0.2, 0.25) is 0 Å². The van der Waals surface area contributed by atoms with Gasteiger partial charge < -0.3 is 5.32 Å². The first-order chi connectivity index (χ1) is 12.9. The van der Waals surface area contributed by atoms with Crippen LogP contribution in [-0.4, -0.2) is 55.8 Å². The molecule has 2 fully saturated rings. The quantitative estimate of drug-likeness (QED) is 0.835. The fraction of sp³-hybridized carbons (Fsp3) is 0.650. The second-order valence-corrected chi connectivity index (χ2v) is 9.74. The van der Waals surface area contributed by atoms with Gasteiger partial charge in [-0.25, -0.2) is 8.42 Å². The van der Waals surface area contributed by atoms with Gasteiger partial charge in [-0.3, -0.25) is 9.69 Å². The normalized spacial score (nSPS) is 22.5. The number of hydrogen-bond acceptors (Lipinski definition) is 4. The number of amides is 1. The van der Waals surface area contributed by atoms with Crippen LogP contribution in [0.1, 0.15) is 51.0 Å². The summed E-state index contributed by atoms with van der Waals surface area (Å²) in [6, 6.07) is 5.44. The molecule has 0 aliphatic carbocycles.